The third kappa shape index (κ3) is 12.9. The standard InChI is InChI=1S/C6H15N2O2S.HI/c1-8(2,3)6-4-5-7-11(9)10;/h4-6H2,1-3H3;1H/q+1;/p-1. The Labute approximate surface area is 92.3 Å². The quantitative estimate of drug-likeness (QED) is 0.319. The summed E-state index contributed by atoms with van der Waals surface area (Å²) >= 11 is 0. The van der Waals surface area contributed by atoms with Gasteiger partial charge in [-0.05, 0) is 0 Å². The molecule has 0 aromatic heterocycles. The Morgan fingerprint density at radius 1 is 1.25 bits per heavy atom. The summed E-state index contributed by atoms with van der Waals surface area (Å²) in [5, 5.41) is 0. The average Bonchev–Trinajstić information content (AvgIpc) is 1.78. The summed E-state index contributed by atoms with van der Waals surface area (Å²) in [7, 11) is 3.97. The molecule has 0 N–H and O–H groups in total. The summed E-state index contributed by atoms with van der Waals surface area (Å²) < 4.78 is 24.1. The smallest absolute Gasteiger partial charge is 0.311 e. The molecule has 0 spiro atoms. The van der Waals surface area contributed by atoms with Crippen molar-refractivity contribution in [1.82, 2.24) is 0 Å². The summed E-state index contributed by atoms with van der Waals surface area (Å²) in [6.07, 6.45) is 0.817. The minimum Gasteiger partial charge on any atom is -1.00 e. The molecule has 74 valence electrons. The summed E-state index contributed by atoms with van der Waals surface area (Å²) in [6.45, 7) is 1.35. The fraction of sp³-hybridized carbons (Fsp3) is 1.00. The largest absolute Gasteiger partial charge is 1.00 e. The molecule has 0 aromatic carbocycles. The minimum absolute atomic E-state index is 0. The van der Waals surface area contributed by atoms with Crippen LogP contribution < -0.4 is 24.0 Å². The van der Waals surface area contributed by atoms with Crippen LogP contribution in [0.25, 0.3) is 0 Å². The molecule has 0 aliphatic carbocycles. The van der Waals surface area contributed by atoms with E-state index in [1.807, 2.05) is 0 Å². The molecule has 0 amide bonds. The van der Waals surface area contributed by atoms with Crippen LogP contribution in [-0.2, 0) is 10.5 Å². The van der Waals surface area contributed by atoms with E-state index in [2.05, 4.69) is 25.5 Å². The third-order valence-corrected chi connectivity index (χ3v) is 1.58. The van der Waals surface area contributed by atoms with Gasteiger partial charge in [0.25, 0.3) is 0 Å². The highest BCUT2D eigenvalue weighted by atomic mass is 127. The summed E-state index contributed by atoms with van der Waals surface area (Å²) in [5.41, 5.74) is 0. The van der Waals surface area contributed by atoms with Gasteiger partial charge in [-0.15, -0.1) is 0 Å². The van der Waals surface area contributed by atoms with E-state index >= 15 is 0 Å². The summed E-state index contributed by atoms with van der Waals surface area (Å²) in [5.74, 6) is 0. The second-order valence-electron chi connectivity index (χ2n) is 3.44. The molecule has 12 heavy (non-hydrogen) atoms. The third-order valence-electron chi connectivity index (χ3n) is 1.18. The van der Waals surface area contributed by atoms with Gasteiger partial charge in [0.2, 0.25) is 0 Å². The van der Waals surface area contributed by atoms with Crippen molar-refractivity contribution in [3.63, 3.8) is 0 Å². The maximum absolute atomic E-state index is 9.95. The van der Waals surface area contributed by atoms with Crippen molar-refractivity contribution >= 4 is 10.5 Å². The highest BCUT2D eigenvalue weighted by molar-refractivity contribution is 7.61. The second-order valence-corrected chi connectivity index (χ2v) is 4.13. The number of nitrogens with zero attached hydrogens (tertiary/aromatic N) is 2. The molecule has 0 saturated carbocycles. The first-order valence-electron chi connectivity index (χ1n) is 3.49. The van der Waals surface area contributed by atoms with Gasteiger partial charge in [-0.1, -0.05) is 0 Å². The Bertz CT molecular complexity index is 222. The molecule has 0 aliphatic heterocycles. The van der Waals surface area contributed by atoms with Gasteiger partial charge in [0, 0.05) is 6.42 Å². The maximum Gasteiger partial charge on any atom is 0.311 e. The maximum atomic E-state index is 9.95. The molecule has 0 aromatic rings. The van der Waals surface area contributed by atoms with Crippen molar-refractivity contribution in [2.24, 2.45) is 4.36 Å². The van der Waals surface area contributed by atoms with Crippen LogP contribution in [0.1, 0.15) is 6.42 Å². The molecule has 4 nitrogen and oxygen atoms in total. The van der Waals surface area contributed by atoms with Gasteiger partial charge in [-0.25, -0.2) is 0 Å². The summed E-state index contributed by atoms with van der Waals surface area (Å²) in [4.78, 5) is 0. The zero-order chi connectivity index (χ0) is 8.91. The SMILES string of the molecule is C[N+](C)(C)CCCN=S(=O)=O.[I-]. The lowest BCUT2D eigenvalue weighted by molar-refractivity contribution is -0.870. The monoisotopic (exact) mass is 306 g/mol. The van der Waals surface area contributed by atoms with Crippen molar-refractivity contribution in [1.29, 1.82) is 0 Å². The zero-order valence-corrected chi connectivity index (χ0v) is 10.6. The first-order valence-corrected chi connectivity index (χ1v) is 4.52. The molecule has 0 saturated heterocycles. The van der Waals surface area contributed by atoms with E-state index in [1.165, 1.54) is 0 Å². The van der Waals surface area contributed by atoms with Crippen molar-refractivity contribution in [2.75, 3.05) is 34.2 Å². The van der Waals surface area contributed by atoms with Gasteiger partial charge in [-0.2, -0.15) is 12.8 Å². The molecule has 0 bridgehead atoms. The Balaban J connectivity index is 0. The molecule has 0 unspecified atom stereocenters. The predicted molar refractivity (Wildman–Crippen MR) is 43.7 cm³/mol. The molecule has 0 rings (SSSR count). The fourth-order valence-corrected chi connectivity index (χ4v) is 0.962. The minimum atomic E-state index is -2.23. The normalized spacial score (nSPS) is 10.2. The first-order chi connectivity index (χ1) is 4.92. The van der Waals surface area contributed by atoms with Crippen LogP contribution in [0.4, 0.5) is 0 Å². The van der Waals surface area contributed by atoms with Crippen LogP contribution in [-0.4, -0.2) is 47.1 Å². The molecule has 0 aliphatic rings. The first kappa shape index (κ1) is 14.8. The van der Waals surface area contributed by atoms with E-state index in [-0.39, 0.29) is 24.0 Å². The average molecular weight is 306 g/mol. The lowest BCUT2D eigenvalue weighted by Gasteiger charge is -2.22. The van der Waals surface area contributed by atoms with Crippen molar-refractivity contribution < 1.29 is 36.9 Å². The molecule has 0 fully saturated rings. The topological polar surface area (TPSA) is 46.5 Å². The van der Waals surface area contributed by atoms with E-state index in [9.17, 15) is 8.42 Å². The number of rotatable bonds is 4. The summed E-state index contributed by atoms with van der Waals surface area (Å²) in [6, 6.07) is 0. The van der Waals surface area contributed by atoms with Gasteiger partial charge in [0.1, 0.15) is 0 Å². The fourth-order valence-electron chi connectivity index (χ4n) is 0.684. The Morgan fingerprint density at radius 3 is 2.08 bits per heavy atom. The molecule has 0 atom stereocenters. The van der Waals surface area contributed by atoms with E-state index in [4.69, 9.17) is 0 Å². The Kier molecular flexibility index (Phi) is 8.38. The zero-order valence-electron chi connectivity index (χ0n) is 7.62. The Morgan fingerprint density at radius 2 is 1.75 bits per heavy atom. The Hall–Kier alpha value is 0.310. The highest BCUT2D eigenvalue weighted by Gasteiger charge is 2.04. The van der Waals surface area contributed by atoms with Crippen LogP contribution in [0.3, 0.4) is 0 Å². The van der Waals surface area contributed by atoms with E-state index in [0.717, 1.165) is 17.4 Å². The predicted octanol–water partition coefficient (Wildman–Crippen LogP) is -2.85. The molecule has 6 heteroatoms. The van der Waals surface area contributed by atoms with Crippen LogP contribution in [0, 0.1) is 0 Å². The van der Waals surface area contributed by atoms with Crippen molar-refractivity contribution in [3.8, 4) is 0 Å². The molecular formula is C6H15IN2O2S. The van der Waals surface area contributed by atoms with E-state index in [0.29, 0.717) is 6.54 Å². The van der Waals surface area contributed by atoms with Gasteiger partial charge in [-0.3, -0.25) is 0 Å². The number of hydrogen-bond donors (Lipinski definition) is 0. The lowest BCUT2D eigenvalue weighted by atomic mass is 10.4. The van der Waals surface area contributed by atoms with Gasteiger partial charge >= 0.3 is 10.5 Å². The van der Waals surface area contributed by atoms with E-state index < -0.39 is 10.5 Å². The van der Waals surface area contributed by atoms with Crippen LogP contribution in [0.2, 0.25) is 0 Å². The van der Waals surface area contributed by atoms with Crippen molar-refractivity contribution in [2.45, 2.75) is 6.42 Å². The molecular weight excluding hydrogens is 291 g/mol. The van der Waals surface area contributed by atoms with Gasteiger partial charge in [0.05, 0.1) is 34.2 Å². The van der Waals surface area contributed by atoms with Crippen LogP contribution >= 0.6 is 0 Å². The van der Waals surface area contributed by atoms with Gasteiger partial charge in [0.15, 0.2) is 0 Å². The number of hydrogen-bond acceptors (Lipinski definition) is 3. The molecule has 0 heterocycles. The van der Waals surface area contributed by atoms with E-state index in [1.54, 1.807) is 0 Å². The van der Waals surface area contributed by atoms with Crippen LogP contribution in [0.15, 0.2) is 4.36 Å². The van der Waals surface area contributed by atoms with Crippen LogP contribution in [0.5, 0.6) is 0 Å². The van der Waals surface area contributed by atoms with Gasteiger partial charge < -0.3 is 28.5 Å². The van der Waals surface area contributed by atoms with Crippen molar-refractivity contribution in [3.05, 3.63) is 0 Å². The lowest BCUT2D eigenvalue weighted by Crippen LogP contribution is -3.00. The second kappa shape index (κ2) is 6.79. The number of halogens is 1. The highest BCUT2D eigenvalue weighted by Crippen LogP contribution is 1.92. The molecule has 0 radical (unpaired) electrons. The number of quaternary nitrogens is 1.